The number of carbonyl (C=O) groups is 2. The minimum Gasteiger partial charge on any atom is -0.508 e. The number of carbonyl (C=O) groups excluding carboxylic acids is 1. The van der Waals surface area contributed by atoms with Crippen molar-refractivity contribution >= 4 is 12.0 Å². The van der Waals surface area contributed by atoms with Crippen LogP contribution in [0.3, 0.4) is 0 Å². The number of phenolic OH excluding ortho intramolecular Hbond substituents is 1. The van der Waals surface area contributed by atoms with Crippen molar-refractivity contribution in [3.63, 3.8) is 0 Å². The molecule has 25 heavy (non-hydrogen) atoms. The molecule has 2 aromatic carbocycles. The Morgan fingerprint density at radius 1 is 1.00 bits per heavy atom. The number of phenols is 1. The molecule has 4 N–H and O–H groups in total. The van der Waals surface area contributed by atoms with Gasteiger partial charge < -0.3 is 15.5 Å². The lowest BCUT2D eigenvalue weighted by Crippen LogP contribution is -2.41. The number of urea groups is 1. The van der Waals surface area contributed by atoms with Crippen molar-refractivity contribution in [3.8, 4) is 5.75 Å². The van der Waals surface area contributed by atoms with Gasteiger partial charge in [-0.25, -0.2) is 15.1 Å². The van der Waals surface area contributed by atoms with E-state index in [0.717, 1.165) is 11.1 Å². The van der Waals surface area contributed by atoms with Crippen LogP contribution in [-0.2, 0) is 22.5 Å². The number of aliphatic carboxylic acids is 1. The Morgan fingerprint density at radius 2 is 1.68 bits per heavy atom. The smallest absolute Gasteiger partial charge is 0.338 e. The number of hydroxylamine groups is 1. The zero-order valence-electron chi connectivity index (χ0n) is 13.5. The zero-order valence-corrected chi connectivity index (χ0v) is 13.5. The van der Waals surface area contributed by atoms with Crippen molar-refractivity contribution in [3.05, 3.63) is 65.7 Å². The first-order valence-corrected chi connectivity index (χ1v) is 7.78. The maximum atomic E-state index is 11.7. The van der Waals surface area contributed by atoms with Gasteiger partial charge in [0.25, 0.3) is 0 Å². The van der Waals surface area contributed by atoms with Gasteiger partial charge in [0.1, 0.15) is 5.75 Å². The highest BCUT2D eigenvalue weighted by Crippen LogP contribution is 2.09. The van der Waals surface area contributed by atoms with Gasteiger partial charge in [-0.1, -0.05) is 42.5 Å². The first-order chi connectivity index (χ1) is 12.0. The molecule has 0 unspecified atom stereocenters. The van der Waals surface area contributed by atoms with E-state index in [4.69, 9.17) is 4.84 Å². The average Bonchev–Trinajstić information content (AvgIpc) is 2.61. The van der Waals surface area contributed by atoms with Gasteiger partial charge in [0.2, 0.25) is 0 Å². The van der Waals surface area contributed by atoms with Gasteiger partial charge in [-0.05, 0) is 29.7 Å². The summed E-state index contributed by atoms with van der Waals surface area (Å²) in [5.74, 6) is -0.978. The van der Waals surface area contributed by atoms with E-state index in [1.807, 2.05) is 6.07 Å². The molecule has 7 heteroatoms. The Morgan fingerprint density at radius 3 is 2.32 bits per heavy atom. The van der Waals surface area contributed by atoms with E-state index in [2.05, 4.69) is 10.8 Å². The number of rotatable bonds is 8. The summed E-state index contributed by atoms with van der Waals surface area (Å²) in [6.07, 6.45) is -0.463. The Hall–Kier alpha value is -3.06. The highest BCUT2D eigenvalue weighted by atomic mass is 16.7. The molecule has 0 aliphatic heterocycles. The van der Waals surface area contributed by atoms with Crippen molar-refractivity contribution in [1.29, 1.82) is 0 Å². The van der Waals surface area contributed by atoms with E-state index in [0.29, 0.717) is 13.0 Å². The van der Waals surface area contributed by atoms with Crippen LogP contribution in [0.15, 0.2) is 54.6 Å². The molecule has 0 aromatic heterocycles. The van der Waals surface area contributed by atoms with Crippen LogP contribution in [0.25, 0.3) is 0 Å². The summed E-state index contributed by atoms with van der Waals surface area (Å²) in [4.78, 5) is 27.9. The second-order valence-corrected chi connectivity index (χ2v) is 5.41. The molecule has 0 spiro atoms. The van der Waals surface area contributed by atoms with Gasteiger partial charge in [-0.2, -0.15) is 0 Å². The summed E-state index contributed by atoms with van der Waals surface area (Å²) in [5.41, 5.74) is 3.86. The molecule has 0 fully saturated rings. The average molecular weight is 344 g/mol. The highest BCUT2D eigenvalue weighted by molar-refractivity contribution is 5.75. The molecular formula is C18H20N2O5. The van der Waals surface area contributed by atoms with Crippen LogP contribution < -0.4 is 10.8 Å². The fourth-order valence-corrected chi connectivity index (χ4v) is 2.15. The van der Waals surface area contributed by atoms with Crippen molar-refractivity contribution in [2.75, 3.05) is 6.54 Å². The second-order valence-electron chi connectivity index (χ2n) is 5.41. The first kappa shape index (κ1) is 18.3. The van der Waals surface area contributed by atoms with Crippen LogP contribution in [-0.4, -0.2) is 34.9 Å². The highest BCUT2D eigenvalue weighted by Gasteiger charge is 2.20. The van der Waals surface area contributed by atoms with Gasteiger partial charge in [0, 0.05) is 13.0 Å². The van der Waals surface area contributed by atoms with E-state index in [9.17, 15) is 19.8 Å². The third-order valence-electron chi connectivity index (χ3n) is 3.47. The van der Waals surface area contributed by atoms with Crippen LogP contribution >= 0.6 is 0 Å². The molecule has 1 atom stereocenters. The standard InChI is InChI=1S/C18H20N2O5/c21-15-8-6-13(7-9-15)10-11-19-18(24)20-25-16(17(22)23)12-14-4-2-1-3-5-14/h1-9,16,21H,10-12H2,(H,22,23)(H2,19,20,24)/t16-/m1/s1. The van der Waals surface area contributed by atoms with Crippen LogP contribution in [0.5, 0.6) is 5.75 Å². The quantitative estimate of drug-likeness (QED) is 0.547. The van der Waals surface area contributed by atoms with Crippen molar-refractivity contribution in [2.45, 2.75) is 18.9 Å². The monoisotopic (exact) mass is 344 g/mol. The fraction of sp³-hybridized carbons (Fsp3) is 0.222. The minimum atomic E-state index is -1.18. The molecule has 2 amide bonds. The van der Waals surface area contributed by atoms with Gasteiger partial charge in [-0.3, -0.25) is 4.84 Å². The number of aromatic hydroxyl groups is 1. The number of hydrogen-bond donors (Lipinski definition) is 4. The Balaban J connectivity index is 1.73. The maximum absolute atomic E-state index is 11.7. The molecule has 2 rings (SSSR count). The molecule has 7 nitrogen and oxygen atoms in total. The Labute approximate surface area is 145 Å². The third-order valence-corrected chi connectivity index (χ3v) is 3.47. The molecule has 132 valence electrons. The molecule has 0 bridgehead atoms. The molecule has 0 saturated heterocycles. The number of benzene rings is 2. The van der Waals surface area contributed by atoms with Gasteiger partial charge in [0.15, 0.2) is 6.10 Å². The van der Waals surface area contributed by atoms with Crippen LogP contribution in [0.2, 0.25) is 0 Å². The predicted octanol–water partition coefficient (Wildman–Crippen LogP) is 1.86. The van der Waals surface area contributed by atoms with Gasteiger partial charge >= 0.3 is 12.0 Å². The Bertz CT molecular complexity index is 688. The first-order valence-electron chi connectivity index (χ1n) is 7.78. The summed E-state index contributed by atoms with van der Waals surface area (Å²) < 4.78 is 0. The van der Waals surface area contributed by atoms with E-state index < -0.39 is 18.1 Å². The maximum Gasteiger partial charge on any atom is 0.338 e. The van der Waals surface area contributed by atoms with Crippen LogP contribution in [0.1, 0.15) is 11.1 Å². The molecule has 0 radical (unpaired) electrons. The normalized spacial score (nSPS) is 11.5. The summed E-state index contributed by atoms with van der Waals surface area (Å²) in [6, 6.07) is 15.1. The van der Waals surface area contributed by atoms with Crippen molar-refractivity contribution in [2.24, 2.45) is 0 Å². The van der Waals surface area contributed by atoms with E-state index >= 15 is 0 Å². The van der Waals surface area contributed by atoms with Gasteiger partial charge in [0.05, 0.1) is 0 Å². The predicted molar refractivity (Wildman–Crippen MR) is 91.0 cm³/mol. The zero-order chi connectivity index (χ0) is 18.1. The lowest BCUT2D eigenvalue weighted by atomic mass is 10.1. The topological polar surface area (TPSA) is 108 Å². The number of carboxylic acids is 1. The number of nitrogens with one attached hydrogen (secondary N) is 2. The van der Waals surface area contributed by atoms with Crippen LogP contribution in [0.4, 0.5) is 4.79 Å². The molecular weight excluding hydrogens is 324 g/mol. The molecule has 2 aromatic rings. The molecule has 0 aliphatic rings. The Kier molecular flexibility index (Phi) is 6.79. The van der Waals surface area contributed by atoms with E-state index in [1.165, 1.54) is 0 Å². The third kappa shape index (κ3) is 6.52. The van der Waals surface area contributed by atoms with Crippen molar-refractivity contribution < 1.29 is 24.6 Å². The van der Waals surface area contributed by atoms with E-state index in [1.54, 1.807) is 48.5 Å². The molecule has 0 aliphatic carbocycles. The summed E-state index contributed by atoms with van der Waals surface area (Å²) in [7, 11) is 0. The lowest BCUT2D eigenvalue weighted by molar-refractivity contribution is -0.153. The SMILES string of the molecule is O=C(NCCc1ccc(O)cc1)NO[C@H](Cc1ccccc1)C(=O)O. The molecule has 0 heterocycles. The fourth-order valence-electron chi connectivity index (χ4n) is 2.15. The summed E-state index contributed by atoms with van der Waals surface area (Å²) in [6.45, 7) is 0.344. The number of hydrogen-bond acceptors (Lipinski definition) is 4. The molecule has 0 saturated carbocycles. The number of carboxylic acid groups (broad SMARTS) is 1. The van der Waals surface area contributed by atoms with Gasteiger partial charge in [-0.15, -0.1) is 0 Å². The van der Waals surface area contributed by atoms with E-state index in [-0.39, 0.29) is 12.2 Å². The second kappa shape index (κ2) is 9.29. The summed E-state index contributed by atoms with van der Waals surface area (Å²) >= 11 is 0. The summed E-state index contributed by atoms with van der Waals surface area (Å²) in [5, 5.41) is 20.9. The minimum absolute atomic E-state index is 0.143. The number of amides is 2. The largest absolute Gasteiger partial charge is 0.508 e. The lowest BCUT2D eigenvalue weighted by Gasteiger charge is -2.14. The van der Waals surface area contributed by atoms with Crippen molar-refractivity contribution in [1.82, 2.24) is 10.8 Å². The van der Waals surface area contributed by atoms with Crippen LogP contribution in [0, 0.1) is 0 Å².